The second-order valence-electron chi connectivity index (χ2n) is 6.17. The summed E-state index contributed by atoms with van der Waals surface area (Å²) in [5.74, 6) is -0.484. The smallest absolute Gasteiger partial charge is 0.332 e. The number of hydrogen-bond acceptors (Lipinski definition) is 9. The van der Waals surface area contributed by atoms with Crippen LogP contribution in [0.2, 0.25) is 0 Å². The van der Waals surface area contributed by atoms with Crippen molar-refractivity contribution in [1.82, 2.24) is 0 Å². The van der Waals surface area contributed by atoms with E-state index in [0.717, 1.165) is 0 Å². The van der Waals surface area contributed by atoms with Gasteiger partial charge in [-0.15, -0.1) is 0 Å². The molecule has 0 atom stereocenters. The molecule has 27 heavy (non-hydrogen) atoms. The van der Waals surface area contributed by atoms with Gasteiger partial charge in [0.15, 0.2) is 0 Å². The predicted octanol–water partition coefficient (Wildman–Crippen LogP) is -0.137. The summed E-state index contributed by atoms with van der Waals surface area (Å²) >= 11 is 0. The zero-order valence-corrected chi connectivity index (χ0v) is 16.7. The summed E-state index contributed by atoms with van der Waals surface area (Å²) in [6.07, 6.45) is 1.13. The molecule has 160 valence electrons. The molecule has 0 spiro atoms. The van der Waals surface area contributed by atoms with E-state index in [1.54, 1.807) is 19.9 Å². The molecule has 0 aromatic heterocycles. The number of nitrogens with two attached hydrogens (primary N) is 2. The molecule has 0 rings (SSSR count). The first-order valence-electron chi connectivity index (χ1n) is 9.13. The average molecular weight is 392 g/mol. The van der Waals surface area contributed by atoms with Crippen molar-refractivity contribution in [2.45, 2.75) is 25.6 Å². The summed E-state index contributed by atoms with van der Waals surface area (Å²) in [6, 6.07) is 0. The first-order chi connectivity index (χ1) is 12.9. The molecule has 0 amide bonds. The monoisotopic (exact) mass is 392 g/mol. The van der Waals surface area contributed by atoms with Gasteiger partial charge < -0.3 is 39.9 Å². The fraction of sp³-hybridized carbons (Fsp3) is 0.833. The zero-order chi connectivity index (χ0) is 20.4. The van der Waals surface area contributed by atoms with Gasteiger partial charge in [-0.1, -0.05) is 6.58 Å². The number of carbonyl (C=O) groups is 1. The summed E-state index contributed by atoms with van der Waals surface area (Å²) in [4.78, 5) is 11.9. The number of esters is 1. The minimum atomic E-state index is -0.746. The van der Waals surface area contributed by atoms with Gasteiger partial charge in [0.05, 0.1) is 52.9 Å². The van der Waals surface area contributed by atoms with Crippen LogP contribution in [0.25, 0.3) is 0 Å². The minimum Gasteiger partial charge on any atom is -0.454 e. The van der Waals surface area contributed by atoms with Crippen LogP contribution < -0.4 is 11.5 Å². The maximum atomic E-state index is 11.9. The lowest BCUT2D eigenvalue weighted by atomic mass is 10.1. The van der Waals surface area contributed by atoms with Crippen molar-refractivity contribution >= 4 is 5.97 Å². The van der Waals surface area contributed by atoms with Gasteiger partial charge in [-0.05, 0) is 19.9 Å². The summed E-state index contributed by atoms with van der Waals surface area (Å²) in [5.41, 5.74) is 9.94. The predicted molar refractivity (Wildman–Crippen MR) is 101 cm³/mol. The first-order valence-corrected chi connectivity index (χ1v) is 9.13. The van der Waals surface area contributed by atoms with Crippen molar-refractivity contribution in [1.29, 1.82) is 0 Å². The Morgan fingerprint density at radius 2 is 1.41 bits per heavy atom. The van der Waals surface area contributed by atoms with Gasteiger partial charge >= 0.3 is 5.97 Å². The Hall–Kier alpha value is -1.07. The Morgan fingerprint density at radius 1 is 0.926 bits per heavy atom. The van der Waals surface area contributed by atoms with Crippen LogP contribution in [0.1, 0.15) is 13.8 Å². The Bertz CT molecular complexity index is 365. The summed E-state index contributed by atoms with van der Waals surface area (Å²) in [5, 5.41) is 0. The fourth-order valence-corrected chi connectivity index (χ4v) is 1.73. The Kier molecular flexibility index (Phi) is 16.4. The van der Waals surface area contributed by atoms with Crippen LogP contribution >= 0.6 is 0 Å². The van der Waals surface area contributed by atoms with Gasteiger partial charge in [-0.3, -0.25) is 0 Å². The Labute approximate surface area is 162 Å². The Morgan fingerprint density at radius 3 is 1.85 bits per heavy atom. The van der Waals surface area contributed by atoms with E-state index in [1.165, 1.54) is 0 Å². The van der Waals surface area contributed by atoms with Crippen LogP contribution in [-0.2, 0) is 33.2 Å². The molecule has 0 aliphatic heterocycles. The molecule has 9 nitrogen and oxygen atoms in total. The maximum Gasteiger partial charge on any atom is 0.332 e. The number of ether oxygens (including phenoxy) is 6. The fourth-order valence-electron chi connectivity index (χ4n) is 1.73. The van der Waals surface area contributed by atoms with Gasteiger partial charge in [0, 0.05) is 13.1 Å². The number of carbonyl (C=O) groups excluding carboxylic acids is 1. The second kappa shape index (κ2) is 17.1. The normalized spacial score (nSPS) is 11.7. The van der Waals surface area contributed by atoms with Crippen LogP contribution in [0.5, 0.6) is 0 Å². The van der Waals surface area contributed by atoms with Crippen LogP contribution in [-0.4, -0.2) is 90.2 Å². The highest BCUT2D eigenvalue weighted by Gasteiger charge is 2.20. The Balaban J connectivity index is 4.16. The first kappa shape index (κ1) is 25.9. The van der Waals surface area contributed by atoms with E-state index in [0.29, 0.717) is 52.7 Å². The summed E-state index contributed by atoms with van der Waals surface area (Å²) < 4.78 is 32.3. The zero-order valence-electron chi connectivity index (χ0n) is 16.7. The van der Waals surface area contributed by atoms with E-state index in [4.69, 9.17) is 39.9 Å². The molecule has 0 aromatic carbocycles. The van der Waals surface area contributed by atoms with Gasteiger partial charge in [0.1, 0.15) is 18.3 Å². The molecule has 0 aliphatic carbocycles. The molecule has 0 fully saturated rings. The molecule has 0 unspecified atom stereocenters. The van der Waals surface area contributed by atoms with Crippen molar-refractivity contribution in [3.63, 3.8) is 0 Å². The highest BCUT2D eigenvalue weighted by Crippen LogP contribution is 2.10. The average Bonchev–Trinajstić information content (AvgIpc) is 2.64. The van der Waals surface area contributed by atoms with Crippen molar-refractivity contribution in [3.05, 3.63) is 12.7 Å². The van der Waals surface area contributed by atoms with Crippen molar-refractivity contribution < 1.29 is 33.2 Å². The van der Waals surface area contributed by atoms with Crippen molar-refractivity contribution in [3.8, 4) is 0 Å². The molecule has 9 heteroatoms. The molecule has 0 heterocycles. The summed E-state index contributed by atoms with van der Waals surface area (Å²) in [7, 11) is 0. The minimum absolute atomic E-state index is 0.206. The molecule has 0 bridgehead atoms. The van der Waals surface area contributed by atoms with Crippen molar-refractivity contribution in [2.24, 2.45) is 11.5 Å². The van der Waals surface area contributed by atoms with Gasteiger partial charge in [0.25, 0.3) is 0 Å². The van der Waals surface area contributed by atoms with Crippen LogP contribution in [0.3, 0.4) is 0 Å². The van der Waals surface area contributed by atoms with Crippen LogP contribution in [0.15, 0.2) is 12.7 Å². The molecular formula is C18H36N2O7. The number of hydrogen-bond donors (Lipinski definition) is 2. The third-order valence-corrected chi connectivity index (χ3v) is 3.18. The van der Waals surface area contributed by atoms with Crippen LogP contribution in [0.4, 0.5) is 0 Å². The lowest BCUT2D eigenvalue weighted by Crippen LogP contribution is -2.33. The van der Waals surface area contributed by atoms with Gasteiger partial charge in [0.2, 0.25) is 0 Å². The third-order valence-electron chi connectivity index (χ3n) is 3.18. The van der Waals surface area contributed by atoms with E-state index in [-0.39, 0.29) is 19.8 Å². The van der Waals surface area contributed by atoms with E-state index in [9.17, 15) is 4.79 Å². The van der Waals surface area contributed by atoms with Gasteiger partial charge in [-0.2, -0.15) is 0 Å². The highest BCUT2D eigenvalue weighted by molar-refractivity contribution is 5.71. The number of rotatable bonds is 19. The molecule has 0 saturated heterocycles. The van der Waals surface area contributed by atoms with Gasteiger partial charge in [-0.25, -0.2) is 4.79 Å². The molecular weight excluding hydrogens is 356 g/mol. The highest BCUT2D eigenvalue weighted by atomic mass is 16.6. The molecule has 4 N–H and O–H groups in total. The standard InChI is InChI=1S/C18H36N2O7/c1-4-18(2,3)27-17(21)15-26-16(13-24-11-9-22-7-5-19)14-25-12-10-23-8-6-20/h4,16H,1,5-15,19-20H2,2-3H3. The molecule has 0 radical (unpaired) electrons. The molecule has 0 saturated carbocycles. The molecule has 0 aliphatic rings. The molecule has 0 aromatic rings. The second-order valence-corrected chi connectivity index (χ2v) is 6.17. The largest absolute Gasteiger partial charge is 0.454 e. The lowest BCUT2D eigenvalue weighted by molar-refractivity contribution is -0.163. The van der Waals surface area contributed by atoms with Crippen molar-refractivity contribution in [2.75, 3.05) is 72.6 Å². The third kappa shape index (κ3) is 16.8. The van der Waals surface area contributed by atoms with E-state index >= 15 is 0 Å². The quantitative estimate of drug-likeness (QED) is 0.176. The van der Waals surface area contributed by atoms with E-state index in [1.807, 2.05) is 0 Å². The SMILES string of the molecule is C=CC(C)(C)OC(=O)COC(COCCOCCN)COCCOCCN. The maximum absolute atomic E-state index is 11.9. The van der Waals surface area contributed by atoms with E-state index in [2.05, 4.69) is 6.58 Å². The topological polar surface area (TPSA) is 124 Å². The van der Waals surface area contributed by atoms with Crippen LogP contribution in [0, 0.1) is 0 Å². The summed E-state index contributed by atoms with van der Waals surface area (Å²) in [6.45, 7) is 11.0. The lowest BCUT2D eigenvalue weighted by Gasteiger charge is -2.22. The van der Waals surface area contributed by atoms with E-state index < -0.39 is 17.7 Å².